The van der Waals surface area contributed by atoms with E-state index in [4.69, 9.17) is 5.73 Å². The Morgan fingerprint density at radius 1 is 0.578 bits per heavy atom. The summed E-state index contributed by atoms with van der Waals surface area (Å²) >= 11 is 0. The molecule has 23 nitrogen and oxygen atoms in total. The van der Waals surface area contributed by atoms with E-state index in [0.29, 0.717) is 25.7 Å². The molecule has 12 N–H and O–H groups in total. The maximum Gasteiger partial charge on any atom is 0.326 e. The van der Waals surface area contributed by atoms with Crippen LogP contribution in [0.25, 0.3) is 0 Å². The number of carboxylic acids is 3. The summed E-state index contributed by atoms with van der Waals surface area (Å²) < 4.78 is 0. The average molecular weight is 912 g/mol. The van der Waals surface area contributed by atoms with Gasteiger partial charge in [-0.2, -0.15) is 0 Å². The van der Waals surface area contributed by atoms with Gasteiger partial charge < -0.3 is 63.2 Å². The molecule has 0 aromatic carbocycles. The lowest BCUT2D eigenvalue weighted by atomic mass is 10.00. The van der Waals surface area contributed by atoms with E-state index >= 15 is 0 Å². The minimum absolute atomic E-state index is 0.0140. The van der Waals surface area contributed by atoms with Crippen molar-refractivity contribution < 1.29 is 68.1 Å². The van der Waals surface area contributed by atoms with Gasteiger partial charge in [0.2, 0.25) is 47.3 Å². The van der Waals surface area contributed by atoms with Crippen LogP contribution in [0.3, 0.4) is 0 Å². The smallest absolute Gasteiger partial charge is 0.326 e. The fraction of sp³-hybridized carbons (Fsp3) is 0.732. The molecule has 1 heterocycles. The maximum atomic E-state index is 13.7. The van der Waals surface area contributed by atoms with E-state index in [0.717, 1.165) is 0 Å². The maximum absolute atomic E-state index is 13.7. The molecule has 8 atom stereocenters. The third-order valence-corrected chi connectivity index (χ3v) is 10.0. The second-order valence-corrected chi connectivity index (χ2v) is 17.7. The van der Waals surface area contributed by atoms with Crippen molar-refractivity contribution in [3.8, 4) is 0 Å². The van der Waals surface area contributed by atoms with Crippen LogP contribution in [-0.2, 0) is 52.7 Å². The number of nitrogens with one attached hydrogen (secondary N) is 7. The van der Waals surface area contributed by atoms with Crippen LogP contribution < -0.4 is 43.0 Å². The lowest BCUT2D eigenvalue weighted by Gasteiger charge is -2.30. The summed E-state index contributed by atoms with van der Waals surface area (Å²) in [5, 5.41) is 44.8. The van der Waals surface area contributed by atoms with Crippen LogP contribution in [0.2, 0.25) is 0 Å². The molecule has 1 fully saturated rings. The Morgan fingerprint density at radius 2 is 1.05 bits per heavy atom. The number of aliphatic carboxylic acids is 3. The van der Waals surface area contributed by atoms with Gasteiger partial charge in [0.15, 0.2) is 0 Å². The highest BCUT2D eigenvalue weighted by molar-refractivity contribution is 5.98. The van der Waals surface area contributed by atoms with E-state index < -0.39 is 139 Å². The van der Waals surface area contributed by atoms with Gasteiger partial charge >= 0.3 is 17.9 Å². The van der Waals surface area contributed by atoms with Crippen molar-refractivity contribution in [3.63, 3.8) is 0 Å². The topological polar surface area (TPSA) is 362 Å². The first kappa shape index (κ1) is 56.1. The van der Waals surface area contributed by atoms with Crippen molar-refractivity contribution in [2.24, 2.45) is 29.4 Å². The summed E-state index contributed by atoms with van der Waals surface area (Å²) in [6.07, 6.45) is -0.616. The minimum Gasteiger partial charge on any atom is -0.481 e. The zero-order valence-electron chi connectivity index (χ0n) is 38.1. The molecule has 0 aromatic heterocycles. The molecule has 1 aliphatic heterocycles. The molecule has 64 heavy (non-hydrogen) atoms. The first-order valence-electron chi connectivity index (χ1n) is 21.5. The van der Waals surface area contributed by atoms with Gasteiger partial charge in [-0.25, -0.2) is 4.79 Å². The molecule has 1 aliphatic rings. The van der Waals surface area contributed by atoms with Crippen molar-refractivity contribution in [1.82, 2.24) is 42.1 Å². The van der Waals surface area contributed by atoms with Crippen molar-refractivity contribution in [1.29, 1.82) is 0 Å². The van der Waals surface area contributed by atoms with E-state index in [2.05, 4.69) is 37.2 Å². The van der Waals surface area contributed by atoms with Gasteiger partial charge in [-0.05, 0) is 62.7 Å². The summed E-state index contributed by atoms with van der Waals surface area (Å²) in [5.74, 6) is -12.1. The summed E-state index contributed by atoms with van der Waals surface area (Å²) in [5.41, 5.74) is 6.06. The number of rotatable bonds is 27. The fourth-order valence-electron chi connectivity index (χ4n) is 6.81. The van der Waals surface area contributed by atoms with E-state index in [1.165, 1.54) is 25.7 Å². The SMILES string of the molecule is CC(C)C[C@H](NC(=O)CNC(=O)[C@H](C)NC(=O)[C@@H]1CCCN1C(=O)[C@H](CC(C)C)NC(=O)[C@@H](N)CC(C)C)C(=O)N[C@@H](CC(=O)O)C(=O)N[C@@H](CC(=O)O)C(=O)N[C@H](C(=O)O)C(C)C. The molecule has 0 unspecified atom stereocenters. The normalized spacial score (nSPS) is 17.0. The Bertz CT molecular complexity index is 1700. The number of hydrogen-bond donors (Lipinski definition) is 11. The summed E-state index contributed by atoms with van der Waals surface area (Å²) in [6, 6.07) is -10.5. The van der Waals surface area contributed by atoms with Crippen molar-refractivity contribution in [2.75, 3.05) is 13.1 Å². The Balaban J connectivity index is 3.03. The fourth-order valence-corrected chi connectivity index (χ4v) is 6.81. The van der Waals surface area contributed by atoms with Crippen molar-refractivity contribution in [3.05, 3.63) is 0 Å². The largest absolute Gasteiger partial charge is 0.481 e. The van der Waals surface area contributed by atoms with Gasteiger partial charge in [-0.3, -0.25) is 47.9 Å². The molecule has 0 saturated carbocycles. The molecule has 1 saturated heterocycles. The average Bonchev–Trinajstić information content (AvgIpc) is 3.66. The molecular formula is C41H69N9O14. The minimum atomic E-state index is -1.90. The van der Waals surface area contributed by atoms with Crippen LogP contribution in [0, 0.1) is 23.7 Å². The van der Waals surface area contributed by atoms with Gasteiger partial charge in [0.25, 0.3) is 0 Å². The zero-order valence-corrected chi connectivity index (χ0v) is 38.1. The number of carbonyl (C=O) groups excluding carboxylic acids is 8. The molecule has 362 valence electrons. The number of carboxylic acid groups (broad SMARTS) is 3. The van der Waals surface area contributed by atoms with Crippen LogP contribution in [0.1, 0.15) is 107 Å². The predicted molar refractivity (Wildman–Crippen MR) is 228 cm³/mol. The summed E-state index contributed by atoms with van der Waals surface area (Å²) in [7, 11) is 0. The van der Waals surface area contributed by atoms with E-state index in [9.17, 15) is 68.1 Å². The van der Waals surface area contributed by atoms with Crippen molar-refractivity contribution in [2.45, 2.75) is 156 Å². The number of nitrogens with zero attached hydrogens (tertiary/aromatic N) is 1. The summed E-state index contributed by atoms with van der Waals surface area (Å²) in [4.78, 5) is 142. The van der Waals surface area contributed by atoms with Gasteiger partial charge in [-0.1, -0.05) is 55.4 Å². The third-order valence-electron chi connectivity index (χ3n) is 10.0. The highest BCUT2D eigenvalue weighted by Gasteiger charge is 2.39. The molecular weight excluding hydrogens is 842 g/mol. The van der Waals surface area contributed by atoms with Crippen LogP contribution in [0.4, 0.5) is 0 Å². The second kappa shape index (κ2) is 26.7. The van der Waals surface area contributed by atoms with Crippen molar-refractivity contribution >= 4 is 65.2 Å². The standard InChI is InChI=1S/C41H69N9O14/c1-19(2)13-24(42)35(57)48-28(15-21(5)6)40(62)50-12-10-11-29(50)39(61)44-23(9)34(56)43-18-30(51)45-25(14-20(3)4)36(58)46-26(16-31(52)53)37(59)47-27(17-32(54)55)38(60)49-33(22(7)8)41(63)64/h19-29,33H,10-18,42H2,1-9H3,(H,43,56)(H,44,61)(H,45,51)(H,46,58)(H,47,59)(H,48,57)(H,49,60)(H,52,53)(H,54,55)(H,63,64)/t23-,24-,25-,26-,27-,28-,29-,33-/m0/s1. The molecule has 0 bridgehead atoms. The van der Waals surface area contributed by atoms with E-state index in [1.54, 1.807) is 13.8 Å². The monoisotopic (exact) mass is 911 g/mol. The third kappa shape index (κ3) is 19.7. The highest BCUT2D eigenvalue weighted by atomic mass is 16.4. The molecule has 0 aromatic rings. The highest BCUT2D eigenvalue weighted by Crippen LogP contribution is 2.21. The molecule has 23 heteroatoms. The van der Waals surface area contributed by atoms with Crippen LogP contribution >= 0.6 is 0 Å². The Labute approximate surface area is 372 Å². The van der Waals surface area contributed by atoms with Gasteiger partial charge in [0.05, 0.1) is 25.4 Å². The lowest BCUT2D eigenvalue weighted by molar-refractivity contribution is -0.145. The van der Waals surface area contributed by atoms with Gasteiger partial charge in [-0.15, -0.1) is 0 Å². The van der Waals surface area contributed by atoms with Crippen LogP contribution in [0.5, 0.6) is 0 Å². The Morgan fingerprint density at radius 3 is 1.52 bits per heavy atom. The van der Waals surface area contributed by atoms with Crippen LogP contribution in [-0.4, -0.2) is 147 Å². The lowest BCUT2D eigenvalue weighted by Crippen LogP contribution is -2.59. The van der Waals surface area contributed by atoms with Crippen LogP contribution in [0.15, 0.2) is 0 Å². The Hall–Kier alpha value is -5.87. The molecule has 1 rings (SSSR count). The number of hydrogen-bond acceptors (Lipinski definition) is 12. The number of carbonyl (C=O) groups is 11. The number of likely N-dealkylation sites (tertiary alicyclic amines) is 1. The first-order valence-corrected chi connectivity index (χ1v) is 21.5. The van der Waals surface area contributed by atoms with Gasteiger partial charge in [0.1, 0.15) is 42.3 Å². The predicted octanol–water partition coefficient (Wildman–Crippen LogP) is -1.82. The Kier molecular flexibility index (Phi) is 23.4. The second-order valence-electron chi connectivity index (χ2n) is 17.7. The van der Waals surface area contributed by atoms with E-state index in [1.807, 2.05) is 27.7 Å². The van der Waals surface area contributed by atoms with E-state index in [-0.39, 0.29) is 30.7 Å². The summed E-state index contributed by atoms with van der Waals surface area (Å²) in [6.45, 7) is 14.8. The van der Waals surface area contributed by atoms with Gasteiger partial charge in [0, 0.05) is 6.54 Å². The quantitative estimate of drug-likeness (QED) is 0.0432. The molecule has 0 aliphatic carbocycles. The number of nitrogens with two attached hydrogens (primary N) is 1. The first-order chi connectivity index (χ1) is 29.6. The number of amides is 8. The zero-order chi connectivity index (χ0) is 49.2. The molecule has 0 radical (unpaired) electrons. The molecule has 0 spiro atoms. The molecule has 8 amide bonds.